The molecule has 0 aromatic heterocycles. The smallest absolute Gasteiger partial charge is 0.166 e. The van der Waals surface area contributed by atoms with Crippen LogP contribution < -0.4 is 0 Å². The van der Waals surface area contributed by atoms with Gasteiger partial charge in [-0.15, -0.1) is 0 Å². The maximum Gasteiger partial charge on any atom is 0.166 e. The van der Waals surface area contributed by atoms with Crippen molar-refractivity contribution in [1.29, 1.82) is 0 Å². The van der Waals surface area contributed by atoms with Crippen LogP contribution in [0.3, 0.4) is 0 Å². The minimum absolute atomic E-state index is 0.0509. The summed E-state index contributed by atoms with van der Waals surface area (Å²) in [5, 5.41) is 0. The van der Waals surface area contributed by atoms with Crippen LogP contribution in [0, 0.1) is 5.92 Å². The molecule has 1 aliphatic carbocycles. The Morgan fingerprint density at radius 1 is 1.09 bits per heavy atom. The van der Waals surface area contributed by atoms with Crippen molar-refractivity contribution in [3.05, 3.63) is 100 Å². The van der Waals surface area contributed by atoms with Gasteiger partial charge in [0.05, 0.1) is 6.61 Å². The third-order valence-electron chi connectivity index (χ3n) is 5.81. The fourth-order valence-electron chi connectivity index (χ4n) is 3.86. The predicted octanol–water partition coefficient (Wildman–Crippen LogP) is 8.92. The zero-order chi connectivity index (χ0) is 24.4. The van der Waals surface area contributed by atoms with Crippen LogP contribution in [-0.2, 0) is 11.2 Å². The number of methoxy groups -OCH3 is 1. The molecule has 0 heterocycles. The van der Waals surface area contributed by atoms with E-state index in [9.17, 15) is 8.78 Å². The molecular formula is C29H35F3O. The van der Waals surface area contributed by atoms with E-state index in [0.29, 0.717) is 23.5 Å². The van der Waals surface area contributed by atoms with Crippen LogP contribution in [0.4, 0.5) is 13.2 Å². The number of halogens is 3. The van der Waals surface area contributed by atoms with Gasteiger partial charge in [-0.25, -0.2) is 13.2 Å². The molecule has 1 aromatic carbocycles. The molecule has 33 heavy (non-hydrogen) atoms. The quantitative estimate of drug-likeness (QED) is 0.319. The van der Waals surface area contributed by atoms with Crippen molar-refractivity contribution < 1.29 is 17.9 Å². The van der Waals surface area contributed by atoms with Crippen LogP contribution in [0.15, 0.2) is 89.3 Å². The van der Waals surface area contributed by atoms with Crippen molar-refractivity contribution in [2.24, 2.45) is 5.92 Å². The van der Waals surface area contributed by atoms with Crippen LogP contribution in [0.25, 0.3) is 5.57 Å². The molecule has 0 spiro atoms. The first-order valence-corrected chi connectivity index (χ1v) is 11.6. The first-order valence-electron chi connectivity index (χ1n) is 11.6. The number of hydrogen-bond donors (Lipinski definition) is 0. The summed E-state index contributed by atoms with van der Waals surface area (Å²) in [6.07, 6.45) is 11.4. The number of rotatable bonds is 10. The molecule has 2 rings (SSSR count). The molecule has 0 radical (unpaired) electrons. The number of benzene rings is 1. The fourth-order valence-corrected chi connectivity index (χ4v) is 3.86. The van der Waals surface area contributed by atoms with Crippen molar-refractivity contribution in [2.75, 3.05) is 13.7 Å². The molecule has 0 N–H and O–H groups in total. The van der Waals surface area contributed by atoms with Gasteiger partial charge in [-0.05, 0) is 67.7 Å². The van der Waals surface area contributed by atoms with Crippen molar-refractivity contribution >= 4 is 5.57 Å². The standard InChI is InChI=1S/C29H35F3O/c1-6-8-26(24-14-9-20(3)10-15-24)27(30)18-13-22-11-16-23(17-12-22)25(7-2)29(32)28(31)21(4)19-33-5/h7-8,11-12,14,16-18,20H,4,6,9-10,13,15,19H2,1-3,5H3/b25-7-,26-8-,27-18+,29-28-. The lowest BCUT2D eigenvalue weighted by molar-refractivity contribution is 0.224. The topological polar surface area (TPSA) is 9.23 Å². The Bertz CT molecular complexity index is 975. The summed E-state index contributed by atoms with van der Waals surface area (Å²) in [5.41, 5.74) is 3.32. The van der Waals surface area contributed by atoms with E-state index in [1.54, 1.807) is 25.1 Å². The molecule has 0 bridgehead atoms. The molecule has 1 nitrogen and oxygen atoms in total. The first kappa shape index (κ1) is 26.7. The Morgan fingerprint density at radius 2 is 1.79 bits per heavy atom. The summed E-state index contributed by atoms with van der Waals surface area (Å²) >= 11 is 0. The van der Waals surface area contributed by atoms with Gasteiger partial charge in [0, 0.05) is 23.8 Å². The summed E-state index contributed by atoms with van der Waals surface area (Å²) in [7, 11) is 1.40. The van der Waals surface area contributed by atoms with Crippen molar-refractivity contribution in [1.82, 2.24) is 0 Å². The Labute approximate surface area is 196 Å². The van der Waals surface area contributed by atoms with Gasteiger partial charge < -0.3 is 4.74 Å². The van der Waals surface area contributed by atoms with E-state index in [4.69, 9.17) is 4.74 Å². The molecule has 0 fully saturated rings. The van der Waals surface area contributed by atoms with Crippen LogP contribution >= 0.6 is 0 Å². The zero-order valence-electron chi connectivity index (χ0n) is 20.2. The molecule has 0 saturated heterocycles. The van der Waals surface area contributed by atoms with Crippen LogP contribution in [0.2, 0.25) is 0 Å². The monoisotopic (exact) mass is 456 g/mol. The average Bonchev–Trinajstić information content (AvgIpc) is 2.82. The Kier molecular flexibility index (Phi) is 10.7. The predicted molar refractivity (Wildman–Crippen MR) is 133 cm³/mol. The normalized spacial score (nSPS) is 18.7. The van der Waals surface area contributed by atoms with Crippen LogP contribution in [0.1, 0.15) is 57.6 Å². The highest BCUT2D eigenvalue weighted by Gasteiger charge is 2.17. The van der Waals surface area contributed by atoms with E-state index in [2.05, 4.69) is 19.6 Å². The second kappa shape index (κ2) is 13.2. The van der Waals surface area contributed by atoms with Crippen molar-refractivity contribution in [2.45, 2.75) is 52.9 Å². The Morgan fingerprint density at radius 3 is 2.33 bits per heavy atom. The summed E-state index contributed by atoms with van der Waals surface area (Å²) in [6.45, 7) is 9.31. The van der Waals surface area contributed by atoms with Gasteiger partial charge in [0.15, 0.2) is 11.7 Å². The highest BCUT2D eigenvalue weighted by molar-refractivity contribution is 5.78. The van der Waals surface area contributed by atoms with Crippen LogP contribution in [0.5, 0.6) is 0 Å². The minimum atomic E-state index is -1.01. The molecular weight excluding hydrogens is 421 g/mol. The van der Waals surface area contributed by atoms with Gasteiger partial charge in [-0.3, -0.25) is 0 Å². The fraction of sp³-hybridized carbons (Fsp3) is 0.379. The maximum atomic E-state index is 15.0. The molecule has 0 saturated carbocycles. The van der Waals surface area contributed by atoms with E-state index >= 15 is 4.39 Å². The molecule has 1 unspecified atom stereocenters. The van der Waals surface area contributed by atoms with E-state index in [-0.39, 0.29) is 23.6 Å². The van der Waals surface area contributed by atoms with Gasteiger partial charge in [0.2, 0.25) is 0 Å². The zero-order valence-corrected chi connectivity index (χ0v) is 20.2. The molecule has 0 aliphatic heterocycles. The average molecular weight is 457 g/mol. The molecule has 4 heteroatoms. The van der Waals surface area contributed by atoms with Gasteiger partial charge in [-0.1, -0.05) is 62.9 Å². The molecule has 178 valence electrons. The largest absolute Gasteiger partial charge is 0.380 e. The van der Waals surface area contributed by atoms with E-state index < -0.39 is 11.7 Å². The van der Waals surface area contributed by atoms with E-state index in [0.717, 1.165) is 36.8 Å². The van der Waals surface area contributed by atoms with Crippen molar-refractivity contribution in [3.8, 4) is 0 Å². The molecule has 0 amide bonds. The second-order valence-corrected chi connectivity index (χ2v) is 8.45. The van der Waals surface area contributed by atoms with E-state index in [1.807, 2.05) is 25.1 Å². The van der Waals surface area contributed by atoms with Gasteiger partial charge in [-0.2, -0.15) is 0 Å². The Balaban J connectivity index is 2.17. The molecule has 1 aliphatic rings. The highest BCUT2D eigenvalue weighted by atomic mass is 19.2. The number of allylic oxidation sites excluding steroid dienone is 9. The SMILES string of the molecule is C=C(COC)/C(F)=C(F)\C(=C/C)c1ccc(C/C=C(F)\C(=C/CC)C2=CCC(C)CC2)cc1. The lowest BCUT2D eigenvalue weighted by atomic mass is 9.86. The van der Waals surface area contributed by atoms with E-state index in [1.165, 1.54) is 13.2 Å². The molecule has 1 atom stereocenters. The highest BCUT2D eigenvalue weighted by Crippen LogP contribution is 2.33. The number of hydrogen-bond acceptors (Lipinski definition) is 1. The summed E-state index contributed by atoms with van der Waals surface area (Å²) in [4.78, 5) is 0. The summed E-state index contributed by atoms with van der Waals surface area (Å²) < 4.78 is 48.9. The third-order valence-corrected chi connectivity index (χ3v) is 5.81. The first-order chi connectivity index (χ1) is 15.8. The lowest BCUT2D eigenvalue weighted by Gasteiger charge is -2.20. The molecule has 1 aromatic rings. The van der Waals surface area contributed by atoms with Crippen LogP contribution in [-0.4, -0.2) is 13.7 Å². The maximum absolute atomic E-state index is 15.0. The Hall–Kier alpha value is -2.59. The third kappa shape index (κ3) is 7.46. The number of ether oxygens (including phenoxy) is 1. The van der Waals surface area contributed by atoms with Gasteiger partial charge in [0.25, 0.3) is 0 Å². The minimum Gasteiger partial charge on any atom is -0.380 e. The van der Waals surface area contributed by atoms with Gasteiger partial charge in [0.1, 0.15) is 5.83 Å². The van der Waals surface area contributed by atoms with Gasteiger partial charge >= 0.3 is 0 Å². The summed E-state index contributed by atoms with van der Waals surface area (Å²) in [5.74, 6) is -1.54. The van der Waals surface area contributed by atoms with Crippen molar-refractivity contribution in [3.63, 3.8) is 0 Å². The second-order valence-electron chi connectivity index (χ2n) is 8.45. The summed E-state index contributed by atoms with van der Waals surface area (Å²) in [6, 6.07) is 7.05. The lowest BCUT2D eigenvalue weighted by Crippen LogP contribution is -2.04.